The van der Waals surface area contributed by atoms with Crippen molar-refractivity contribution in [2.45, 2.75) is 0 Å². The molecule has 0 amide bonds. The summed E-state index contributed by atoms with van der Waals surface area (Å²) in [5.74, 6) is 1.38. The minimum Gasteiger partial charge on any atom is -0.497 e. The Bertz CT molecular complexity index is 1060. The van der Waals surface area contributed by atoms with Gasteiger partial charge in [0.2, 0.25) is 4.96 Å². The Balaban J connectivity index is 1.79. The lowest BCUT2D eigenvalue weighted by Gasteiger charge is -1.98. The molecule has 3 heterocycles. The minimum absolute atomic E-state index is 0.142. The highest BCUT2D eigenvalue weighted by atomic mass is 32.1. The molecule has 0 saturated heterocycles. The summed E-state index contributed by atoms with van der Waals surface area (Å²) >= 11 is 2.90. The van der Waals surface area contributed by atoms with E-state index in [4.69, 9.17) is 4.74 Å². The Morgan fingerprint density at radius 2 is 2.04 bits per heavy atom. The summed E-state index contributed by atoms with van der Waals surface area (Å²) in [6.07, 6.45) is 1.84. The Hall–Kier alpha value is -2.51. The molecule has 0 bridgehead atoms. The number of ether oxygens (including phenoxy) is 1. The van der Waals surface area contributed by atoms with Gasteiger partial charge in [0.05, 0.1) is 16.5 Å². The summed E-state index contributed by atoms with van der Waals surface area (Å²) in [6, 6.07) is 11.4. The van der Waals surface area contributed by atoms with Gasteiger partial charge in [0, 0.05) is 0 Å². The number of aromatic nitrogens is 3. The highest BCUT2D eigenvalue weighted by molar-refractivity contribution is 7.15. The molecule has 0 spiro atoms. The largest absolute Gasteiger partial charge is 0.497 e. The second kappa shape index (κ2) is 5.60. The fourth-order valence-electron chi connectivity index (χ4n) is 2.20. The number of fused-ring (bicyclic) bond motifs is 1. The van der Waals surface area contributed by atoms with E-state index in [1.54, 1.807) is 18.4 Å². The van der Waals surface area contributed by atoms with Gasteiger partial charge in [-0.1, -0.05) is 29.5 Å². The summed E-state index contributed by atoms with van der Waals surface area (Å²) in [5, 5.41) is 6.28. The zero-order valence-corrected chi connectivity index (χ0v) is 13.7. The fraction of sp³-hybridized carbons (Fsp3) is 0.0625. The van der Waals surface area contributed by atoms with Crippen molar-refractivity contribution in [1.82, 2.24) is 14.6 Å². The number of methoxy groups -OCH3 is 1. The third kappa shape index (κ3) is 2.54. The van der Waals surface area contributed by atoms with Crippen LogP contribution in [0.3, 0.4) is 0 Å². The molecule has 0 aliphatic heterocycles. The smallest absolute Gasteiger partial charge is 0.291 e. The van der Waals surface area contributed by atoms with E-state index in [1.807, 2.05) is 47.9 Å². The standard InChI is InChI=1S/C16H11N3O2S2/c1-21-11-6-4-10(5-7-11)9-13-15(20)19-16(23-13)17-14(18-19)12-3-2-8-22-12/h2-9H,1H3/b13-9-. The molecule has 0 aliphatic carbocycles. The van der Waals surface area contributed by atoms with Crippen molar-refractivity contribution in [3.05, 3.63) is 62.2 Å². The Labute approximate surface area is 139 Å². The summed E-state index contributed by atoms with van der Waals surface area (Å²) in [6.45, 7) is 0. The van der Waals surface area contributed by atoms with Gasteiger partial charge in [0.25, 0.3) is 5.56 Å². The Morgan fingerprint density at radius 1 is 1.22 bits per heavy atom. The van der Waals surface area contributed by atoms with Crippen molar-refractivity contribution in [1.29, 1.82) is 0 Å². The van der Waals surface area contributed by atoms with Crippen molar-refractivity contribution in [3.8, 4) is 16.5 Å². The minimum atomic E-state index is -0.142. The molecular formula is C16H11N3O2S2. The van der Waals surface area contributed by atoms with Gasteiger partial charge in [-0.15, -0.1) is 16.4 Å². The lowest BCUT2D eigenvalue weighted by molar-refractivity contribution is 0.415. The topological polar surface area (TPSA) is 56.5 Å². The molecule has 0 unspecified atom stereocenters. The van der Waals surface area contributed by atoms with E-state index >= 15 is 0 Å². The van der Waals surface area contributed by atoms with Gasteiger partial charge in [-0.3, -0.25) is 4.79 Å². The van der Waals surface area contributed by atoms with Crippen LogP contribution in [0.4, 0.5) is 0 Å². The van der Waals surface area contributed by atoms with Gasteiger partial charge in [-0.2, -0.15) is 9.50 Å². The van der Waals surface area contributed by atoms with Crippen LogP contribution >= 0.6 is 22.7 Å². The number of thiophene rings is 1. The van der Waals surface area contributed by atoms with E-state index in [1.165, 1.54) is 15.9 Å². The van der Waals surface area contributed by atoms with Crippen LogP contribution in [-0.4, -0.2) is 21.7 Å². The third-order valence-electron chi connectivity index (χ3n) is 3.34. The number of hydrogen-bond acceptors (Lipinski definition) is 6. The first-order valence-corrected chi connectivity index (χ1v) is 8.53. The second-order valence-electron chi connectivity index (χ2n) is 4.80. The molecule has 0 N–H and O–H groups in total. The maximum absolute atomic E-state index is 12.5. The molecule has 4 rings (SSSR count). The normalized spacial score (nSPS) is 12.1. The maximum atomic E-state index is 12.5. The monoisotopic (exact) mass is 341 g/mol. The Kier molecular flexibility index (Phi) is 3.44. The summed E-state index contributed by atoms with van der Waals surface area (Å²) < 4.78 is 7.12. The van der Waals surface area contributed by atoms with Crippen LogP contribution in [0.1, 0.15) is 5.56 Å². The van der Waals surface area contributed by atoms with Gasteiger partial charge in [-0.05, 0) is 35.2 Å². The number of hydrogen-bond donors (Lipinski definition) is 0. The molecule has 7 heteroatoms. The van der Waals surface area contributed by atoms with Crippen LogP contribution in [0, 0.1) is 0 Å². The summed E-state index contributed by atoms with van der Waals surface area (Å²) in [4.78, 5) is 18.5. The number of nitrogens with zero attached hydrogens (tertiary/aromatic N) is 3. The molecular weight excluding hydrogens is 330 g/mol. The lowest BCUT2D eigenvalue weighted by Crippen LogP contribution is -2.23. The molecule has 5 nitrogen and oxygen atoms in total. The first-order valence-electron chi connectivity index (χ1n) is 6.84. The number of benzene rings is 1. The predicted octanol–water partition coefficient (Wildman–Crippen LogP) is 2.44. The maximum Gasteiger partial charge on any atom is 0.291 e. The summed E-state index contributed by atoms with van der Waals surface area (Å²) in [7, 11) is 1.62. The molecule has 1 aromatic carbocycles. The van der Waals surface area contributed by atoms with Crippen molar-refractivity contribution >= 4 is 33.7 Å². The van der Waals surface area contributed by atoms with E-state index in [0.717, 1.165) is 16.2 Å². The number of rotatable bonds is 3. The zero-order chi connectivity index (χ0) is 15.8. The van der Waals surface area contributed by atoms with Gasteiger partial charge >= 0.3 is 0 Å². The van der Waals surface area contributed by atoms with E-state index in [0.29, 0.717) is 15.3 Å². The van der Waals surface area contributed by atoms with Crippen LogP contribution < -0.4 is 14.8 Å². The molecule has 114 valence electrons. The average Bonchev–Trinajstić information content (AvgIpc) is 3.27. The molecule has 23 heavy (non-hydrogen) atoms. The van der Waals surface area contributed by atoms with Crippen LogP contribution in [0.2, 0.25) is 0 Å². The average molecular weight is 341 g/mol. The van der Waals surface area contributed by atoms with Crippen LogP contribution in [-0.2, 0) is 0 Å². The van der Waals surface area contributed by atoms with Crippen molar-refractivity contribution in [3.63, 3.8) is 0 Å². The molecule has 0 radical (unpaired) electrons. The quantitative estimate of drug-likeness (QED) is 0.574. The van der Waals surface area contributed by atoms with Gasteiger partial charge < -0.3 is 4.74 Å². The van der Waals surface area contributed by atoms with E-state index in [9.17, 15) is 4.79 Å². The van der Waals surface area contributed by atoms with E-state index < -0.39 is 0 Å². The van der Waals surface area contributed by atoms with E-state index in [2.05, 4.69) is 10.1 Å². The van der Waals surface area contributed by atoms with Crippen molar-refractivity contribution in [2.75, 3.05) is 7.11 Å². The van der Waals surface area contributed by atoms with Crippen LogP contribution in [0.15, 0.2) is 46.6 Å². The van der Waals surface area contributed by atoms with E-state index in [-0.39, 0.29) is 5.56 Å². The molecule has 0 aliphatic rings. The SMILES string of the molecule is COc1ccc(/C=c2\sc3nc(-c4cccs4)nn3c2=O)cc1. The lowest BCUT2D eigenvalue weighted by atomic mass is 10.2. The molecule has 4 aromatic rings. The zero-order valence-electron chi connectivity index (χ0n) is 12.1. The van der Waals surface area contributed by atoms with Crippen LogP contribution in [0.25, 0.3) is 21.7 Å². The van der Waals surface area contributed by atoms with Crippen LogP contribution in [0.5, 0.6) is 5.75 Å². The third-order valence-corrected chi connectivity index (χ3v) is 5.16. The first-order chi connectivity index (χ1) is 11.2. The first kappa shape index (κ1) is 14.1. The molecule has 0 fully saturated rings. The van der Waals surface area contributed by atoms with Gasteiger partial charge in [0.1, 0.15) is 5.75 Å². The molecule has 0 saturated carbocycles. The summed E-state index contributed by atoms with van der Waals surface area (Å²) in [5.41, 5.74) is 0.794. The predicted molar refractivity (Wildman–Crippen MR) is 92.2 cm³/mol. The van der Waals surface area contributed by atoms with Crippen molar-refractivity contribution in [2.24, 2.45) is 0 Å². The highest BCUT2D eigenvalue weighted by Gasteiger charge is 2.12. The second-order valence-corrected chi connectivity index (χ2v) is 6.75. The molecule has 0 atom stereocenters. The van der Waals surface area contributed by atoms with Crippen molar-refractivity contribution < 1.29 is 4.74 Å². The Morgan fingerprint density at radius 3 is 2.70 bits per heavy atom. The van der Waals surface area contributed by atoms with Gasteiger partial charge in [0.15, 0.2) is 5.82 Å². The number of thiazole rings is 1. The highest BCUT2D eigenvalue weighted by Crippen LogP contribution is 2.21. The fourth-order valence-corrected chi connectivity index (χ4v) is 3.76. The molecule has 3 aromatic heterocycles. The van der Waals surface area contributed by atoms with Gasteiger partial charge in [-0.25, -0.2) is 0 Å².